The summed E-state index contributed by atoms with van der Waals surface area (Å²) in [6.07, 6.45) is 4.80. The molecular formula is C8H11N3S. The summed E-state index contributed by atoms with van der Waals surface area (Å²) >= 11 is 1.77. The van der Waals surface area contributed by atoms with E-state index in [2.05, 4.69) is 15.3 Å². The topological polar surface area (TPSA) is 37.8 Å². The van der Waals surface area contributed by atoms with Crippen molar-refractivity contribution in [1.29, 1.82) is 0 Å². The number of hydrogen-bond acceptors (Lipinski definition) is 4. The van der Waals surface area contributed by atoms with Crippen molar-refractivity contribution in [3.8, 4) is 0 Å². The summed E-state index contributed by atoms with van der Waals surface area (Å²) in [5, 5.41) is 4.87. The predicted molar refractivity (Wildman–Crippen MR) is 49.2 cm³/mol. The molecule has 1 aliphatic rings. The summed E-state index contributed by atoms with van der Waals surface area (Å²) in [5.41, 5.74) is 0. The van der Waals surface area contributed by atoms with E-state index in [1.807, 2.05) is 6.07 Å². The van der Waals surface area contributed by atoms with Gasteiger partial charge in [0.15, 0.2) is 5.16 Å². The van der Waals surface area contributed by atoms with Crippen LogP contribution in [-0.2, 0) is 0 Å². The fourth-order valence-corrected chi connectivity index (χ4v) is 2.20. The van der Waals surface area contributed by atoms with Crippen LogP contribution in [0.1, 0.15) is 6.42 Å². The Balaban J connectivity index is 1.94. The summed E-state index contributed by atoms with van der Waals surface area (Å²) in [5.74, 6) is 0. The Hall–Kier alpha value is -0.610. The molecule has 1 atom stereocenters. The van der Waals surface area contributed by atoms with Crippen LogP contribution in [0.15, 0.2) is 23.6 Å². The molecule has 2 rings (SSSR count). The highest BCUT2D eigenvalue weighted by Crippen LogP contribution is 2.22. The zero-order chi connectivity index (χ0) is 8.23. The van der Waals surface area contributed by atoms with Crippen LogP contribution in [0.5, 0.6) is 0 Å². The van der Waals surface area contributed by atoms with E-state index in [1.165, 1.54) is 6.42 Å². The van der Waals surface area contributed by atoms with Crippen LogP contribution in [0.25, 0.3) is 0 Å². The van der Waals surface area contributed by atoms with E-state index in [9.17, 15) is 0 Å². The molecule has 1 N–H and O–H groups in total. The number of nitrogens with zero attached hydrogens (tertiary/aromatic N) is 2. The molecule has 12 heavy (non-hydrogen) atoms. The molecule has 1 aromatic rings. The molecule has 2 heterocycles. The summed E-state index contributed by atoms with van der Waals surface area (Å²) in [4.78, 5) is 8.33. The van der Waals surface area contributed by atoms with Gasteiger partial charge in [-0.3, -0.25) is 0 Å². The number of thioether (sulfide) groups is 1. The van der Waals surface area contributed by atoms with Crippen molar-refractivity contribution < 1.29 is 0 Å². The Morgan fingerprint density at radius 3 is 2.92 bits per heavy atom. The van der Waals surface area contributed by atoms with Crippen LogP contribution in [0, 0.1) is 0 Å². The van der Waals surface area contributed by atoms with Crippen molar-refractivity contribution in [3.05, 3.63) is 18.5 Å². The molecular weight excluding hydrogens is 170 g/mol. The highest BCUT2D eigenvalue weighted by atomic mass is 32.2. The monoisotopic (exact) mass is 181 g/mol. The van der Waals surface area contributed by atoms with E-state index in [-0.39, 0.29) is 0 Å². The van der Waals surface area contributed by atoms with Gasteiger partial charge in [-0.15, -0.1) is 0 Å². The lowest BCUT2D eigenvalue weighted by atomic mass is 10.4. The van der Waals surface area contributed by atoms with Crippen molar-refractivity contribution in [1.82, 2.24) is 15.3 Å². The van der Waals surface area contributed by atoms with Crippen LogP contribution >= 0.6 is 11.8 Å². The van der Waals surface area contributed by atoms with Crippen molar-refractivity contribution in [2.24, 2.45) is 0 Å². The molecule has 64 valence electrons. The quantitative estimate of drug-likeness (QED) is 0.689. The third-order valence-electron chi connectivity index (χ3n) is 1.83. The van der Waals surface area contributed by atoms with Gasteiger partial charge < -0.3 is 5.32 Å². The van der Waals surface area contributed by atoms with Gasteiger partial charge in [-0.2, -0.15) is 0 Å². The van der Waals surface area contributed by atoms with Crippen LogP contribution in [0.4, 0.5) is 0 Å². The van der Waals surface area contributed by atoms with E-state index in [0.717, 1.165) is 18.2 Å². The van der Waals surface area contributed by atoms with Gasteiger partial charge in [-0.1, -0.05) is 11.8 Å². The van der Waals surface area contributed by atoms with Gasteiger partial charge in [0.25, 0.3) is 0 Å². The van der Waals surface area contributed by atoms with Gasteiger partial charge in [0.1, 0.15) is 0 Å². The number of nitrogens with one attached hydrogen (secondary N) is 1. The third kappa shape index (κ3) is 1.95. The third-order valence-corrected chi connectivity index (χ3v) is 2.99. The Kier molecular flexibility index (Phi) is 2.58. The minimum absolute atomic E-state index is 0.660. The summed E-state index contributed by atoms with van der Waals surface area (Å²) in [7, 11) is 0. The molecule has 0 aliphatic carbocycles. The molecule has 0 unspecified atom stereocenters. The minimum Gasteiger partial charge on any atom is -0.316 e. The second-order valence-corrected chi connectivity index (χ2v) is 4.03. The molecule has 0 bridgehead atoms. The lowest BCUT2D eigenvalue weighted by Crippen LogP contribution is -2.10. The molecule has 1 fully saturated rings. The number of hydrogen-bond donors (Lipinski definition) is 1. The van der Waals surface area contributed by atoms with Gasteiger partial charge >= 0.3 is 0 Å². The molecule has 0 saturated carbocycles. The molecule has 0 amide bonds. The summed E-state index contributed by atoms with van der Waals surface area (Å²) in [6, 6.07) is 1.84. The molecule has 3 nitrogen and oxygen atoms in total. The Morgan fingerprint density at radius 2 is 2.25 bits per heavy atom. The van der Waals surface area contributed by atoms with Crippen molar-refractivity contribution in [3.63, 3.8) is 0 Å². The molecule has 0 aromatic carbocycles. The van der Waals surface area contributed by atoms with Gasteiger partial charge in [-0.25, -0.2) is 9.97 Å². The average molecular weight is 181 g/mol. The first-order chi connectivity index (χ1) is 5.95. The maximum absolute atomic E-state index is 4.17. The van der Waals surface area contributed by atoms with Gasteiger partial charge in [-0.05, 0) is 19.0 Å². The Morgan fingerprint density at radius 1 is 1.42 bits per heavy atom. The summed E-state index contributed by atoms with van der Waals surface area (Å²) < 4.78 is 0. The second-order valence-electron chi connectivity index (χ2n) is 2.76. The minimum atomic E-state index is 0.660. The van der Waals surface area contributed by atoms with Crippen LogP contribution in [-0.4, -0.2) is 28.3 Å². The SMILES string of the molecule is c1cnc(S[C@@H]2CCNC2)nc1. The Labute approximate surface area is 76.0 Å². The largest absolute Gasteiger partial charge is 0.316 e. The first kappa shape index (κ1) is 8.01. The van der Waals surface area contributed by atoms with Crippen LogP contribution < -0.4 is 5.32 Å². The maximum Gasteiger partial charge on any atom is 0.187 e. The van der Waals surface area contributed by atoms with Crippen molar-refractivity contribution in [2.45, 2.75) is 16.8 Å². The Bertz CT molecular complexity index is 233. The highest BCUT2D eigenvalue weighted by molar-refractivity contribution is 7.99. The van der Waals surface area contributed by atoms with Crippen molar-refractivity contribution >= 4 is 11.8 Å². The van der Waals surface area contributed by atoms with Gasteiger partial charge in [0, 0.05) is 24.2 Å². The molecule has 0 radical (unpaired) electrons. The molecule has 1 aromatic heterocycles. The van der Waals surface area contributed by atoms with E-state index >= 15 is 0 Å². The standard InChI is InChI=1S/C8H11N3S/c1-3-10-8(11-4-1)12-7-2-5-9-6-7/h1,3-4,7,9H,2,5-6H2/t7-/m1/s1. The normalized spacial score (nSPS) is 22.8. The van der Waals surface area contributed by atoms with E-state index in [0.29, 0.717) is 5.25 Å². The van der Waals surface area contributed by atoms with Crippen LogP contribution in [0.2, 0.25) is 0 Å². The highest BCUT2D eigenvalue weighted by Gasteiger charge is 2.16. The molecule has 0 spiro atoms. The number of aromatic nitrogens is 2. The lowest BCUT2D eigenvalue weighted by Gasteiger charge is -2.04. The molecule has 4 heteroatoms. The molecule has 1 aliphatic heterocycles. The fraction of sp³-hybridized carbons (Fsp3) is 0.500. The fourth-order valence-electron chi connectivity index (χ4n) is 1.22. The average Bonchev–Trinajstić information content (AvgIpc) is 2.59. The van der Waals surface area contributed by atoms with E-state index < -0.39 is 0 Å². The zero-order valence-corrected chi connectivity index (χ0v) is 7.55. The lowest BCUT2D eigenvalue weighted by molar-refractivity contribution is 0.857. The van der Waals surface area contributed by atoms with E-state index in [4.69, 9.17) is 0 Å². The van der Waals surface area contributed by atoms with Gasteiger partial charge in [0.2, 0.25) is 0 Å². The first-order valence-electron chi connectivity index (χ1n) is 4.09. The van der Waals surface area contributed by atoms with Crippen LogP contribution in [0.3, 0.4) is 0 Å². The second kappa shape index (κ2) is 3.87. The van der Waals surface area contributed by atoms with Crippen molar-refractivity contribution in [2.75, 3.05) is 13.1 Å². The molecule has 1 saturated heterocycles. The zero-order valence-electron chi connectivity index (χ0n) is 6.73. The maximum atomic E-state index is 4.17. The predicted octanol–water partition coefficient (Wildman–Crippen LogP) is 0.931. The number of rotatable bonds is 2. The smallest absolute Gasteiger partial charge is 0.187 e. The first-order valence-corrected chi connectivity index (χ1v) is 4.97. The summed E-state index contributed by atoms with van der Waals surface area (Å²) in [6.45, 7) is 2.22. The van der Waals surface area contributed by atoms with Gasteiger partial charge in [0.05, 0.1) is 0 Å². The van der Waals surface area contributed by atoms with E-state index in [1.54, 1.807) is 24.2 Å².